The fourth-order valence-corrected chi connectivity index (χ4v) is 3.75. The topological polar surface area (TPSA) is 35.6 Å². The second-order valence-corrected chi connectivity index (χ2v) is 7.60. The number of nitrogens with zero attached hydrogens (tertiary/aromatic N) is 2. The Labute approximate surface area is 167 Å². The van der Waals surface area contributed by atoms with Crippen molar-refractivity contribution < 1.29 is 9.18 Å². The van der Waals surface area contributed by atoms with Gasteiger partial charge in [0.05, 0.1) is 0 Å². The number of likely N-dealkylation sites (N-methyl/N-ethyl adjacent to an activating group) is 1. The third-order valence-electron chi connectivity index (χ3n) is 5.75. The molecule has 0 radical (unpaired) electrons. The van der Waals surface area contributed by atoms with Gasteiger partial charge in [-0.05, 0) is 55.3 Å². The zero-order chi connectivity index (χ0) is 20.1. The van der Waals surface area contributed by atoms with Crippen LogP contribution < -0.4 is 5.32 Å². The molecule has 1 aliphatic rings. The van der Waals surface area contributed by atoms with E-state index < -0.39 is 0 Å². The lowest BCUT2D eigenvalue weighted by Crippen LogP contribution is -2.52. The largest absolute Gasteiger partial charge is 0.350 e. The quantitative estimate of drug-likeness (QED) is 0.829. The molecule has 1 amide bonds. The predicted molar refractivity (Wildman–Crippen MR) is 112 cm³/mol. The first-order chi connectivity index (χ1) is 13.5. The van der Waals surface area contributed by atoms with Crippen LogP contribution >= 0.6 is 0 Å². The summed E-state index contributed by atoms with van der Waals surface area (Å²) in [6.45, 7) is 8.85. The van der Waals surface area contributed by atoms with E-state index >= 15 is 0 Å². The van der Waals surface area contributed by atoms with E-state index in [1.807, 2.05) is 30.3 Å². The predicted octanol–water partition coefficient (Wildman–Crippen LogP) is 3.56. The minimum absolute atomic E-state index is 0.0601. The van der Waals surface area contributed by atoms with Gasteiger partial charge < -0.3 is 10.2 Å². The lowest BCUT2D eigenvalue weighted by molar-refractivity contribution is 0.0881. The molecular formula is C23H30FN3O. The van der Waals surface area contributed by atoms with Crippen molar-refractivity contribution in [2.45, 2.75) is 26.3 Å². The smallest absolute Gasteiger partial charge is 0.251 e. The Hall–Kier alpha value is -2.24. The van der Waals surface area contributed by atoms with Crippen LogP contribution in [0.25, 0.3) is 11.1 Å². The van der Waals surface area contributed by atoms with Gasteiger partial charge in [-0.3, -0.25) is 9.69 Å². The van der Waals surface area contributed by atoms with Crippen molar-refractivity contribution in [2.24, 2.45) is 0 Å². The Morgan fingerprint density at radius 2 is 1.79 bits per heavy atom. The van der Waals surface area contributed by atoms with E-state index in [-0.39, 0.29) is 11.7 Å². The van der Waals surface area contributed by atoms with Gasteiger partial charge in [0.2, 0.25) is 0 Å². The van der Waals surface area contributed by atoms with Crippen LogP contribution in [-0.4, -0.2) is 61.5 Å². The highest BCUT2D eigenvalue weighted by molar-refractivity contribution is 5.94. The van der Waals surface area contributed by atoms with E-state index in [2.05, 4.69) is 29.1 Å². The van der Waals surface area contributed by atoms with Crippen LogP contribution in [0.2, 0.25) is 0 Å². The number of amides is 1. The summed E-state index contributed by atoms with van der Waals surface area (Å²) in [5.74, 6) is -0.274. The SMILES string of the molecule is CCC(CNC(=O)c1ccc(-c2cccc(F)c2C)cc1)N1CCN(C)CC1. The van der Waals surface area contributed by atoms with Crippen LogP contribution in [-0.2, 0) is 0 Å². The van der Waals surface area contributed by atoms with E-state index in [1.54, 1.807) is 13.0 Å². The number of hydrogen-bond donors (Lipinski definition) is 1. The lowest BCUT2D eigenvalue weighted by atomic mass is 9.99. The van der Waals surface area contributed by atoms with E-state index in [4.69, 9.17) is 0 Å². The summed E-state index contributed by atoms with van der Waals surface area (Å²) < 4.78 is 13.8. The second kappa shape index (κ2) is 9.30. The van der Waals surface area contributed by atoms with Crippen LogP contribution in [0.5, 0.6) is 0 Å². The lowest BCUT2D eigenvalue weighted by Gasteiger charge is -2.37. The van der Waals surface area contributed by atoms with E-state index in [0.29, 0.717) is 23.7 Å². The number of halogens is 1. The molecule has 1 heterocycles. The van der Waals surface area contributed by atoms with E-state index in [0.717, 1.165) is 43.7 Å². The number of hydrogen-bond acceptors (Lipinski definition) is 3. The molecule has 1 atom stereocenters. The van der Waals surface area contributed by atoms with E-state index in [1.165, 1.54) is 6.07 Å². The summed E-state index contributed by atoms with van der Waals surface area (Å²) in [7, 11) is 2.15. The third-order valence-corrected chi connectivity index (χ3v) is 5.75. The first-order valence-corrected chi connectivity index (χ1v) is 10.1. The van der Waals surface area contributed by atoms with Gasteiger partial charge in [-0.1, -0.05) is 31.2 Å². The molecule has 2 aromatic rings. The zero-order valence-electron chi connectivity index (χ0n) is 17.0. The molecule has 1 aliphatic heterocycles. The maximum Gasteiger partial charge on any atom is 0.251 e. The van der Waals surface area contributed by atoms with Gasteiger partial charge in [0.25, 0.3) is 5.91 Å². The van der Waals surface area contributed by atoms with Gasteiger partial charge in [0, 0.05) is 44.3 Å². The highest BCUT2D eigenvalue weighted by Gasteiger charge is 2.21. The van der Waals surface area contributed by atoms with Gasteiger partial charge in [0.15, 0.2) is 0 Å². The van der Waals surface area contributed by atoms with Crippen molar-refractivity contribution >= 4 is 5.91 Å². The Bertz CT molecular complexity index is 798. The summed E-state index contributed by atoms with van der Waals surface area (Å²) in [4.78, 5) is 17.4. The molecule has 1 saturated heterocycles. The number of benzene rings is 2. The summed E-state index contributed by atoms with van der Waals surface area (Å²) in [5, 5.41) is 3.08. The summed E-state index contributed by atoms with van der Waals surface area (Å²) in [6, 6.07) is 12.8. The van der Waals surface area contributed by atoms with Crippen LogP contribution in [0.4, 0.5) is 4.39 Å². The van der Waals surface area contributed by atoms with Gasteiger partial charge in [-0.2, -0.15) is 0 Å². The van der Waals surface area contributed by atoms with Crippen molar-refractivity contribution in [3.63, 3.8) is 0 Å². The van der Waals surface area contributed by atoms with Crippen LogP contribution in [0.3, 0.4) is 0 Å². The molecule has 0 aliphatic carbocycles. The molecule has 0 bridgehead atoms. The second-order valence-electron chi connectivity index (χ2n) is 7.60. The molecule has 5 heteroatoms. The average Bonchev–Trinajstić information content (AvgIpc) is 2.72. The monoisotopic (exact) mass is 383 g/mol. The van der Waals surface area contributed by atoms with Crippen molar-refractivity contribution in [1.29, 1.82) is 0 Å². The number of rotatable bonds is 6. The van der Waals surface area contributed by atoms with Crippen molar-refractivity contribution in [1.82, 2.24) is 15.1 Å². The molecule has 1 unspecified atom stereocenters. The first-order valence-electron chi connectivity index (χ1n) is 10.1. The Morgan fingerprint density at radius 3 is 2.43 bits per heavy atom. The van der Waals surface area contributed by atoms with E-state index in [9.17, 15) is 9.18 Å². The van der Waals surface area contributed by atoms with Crippen LogP contribution in [0, 0.1) is 12.7 Å². The van der Waals surface area contributed by atoms with Gasteiger partial charge in [-0.15, -0.1) is 0 Å². The maximum atomic E-state index is 13.8. The summed E-state index contributed by atoms with van der Waals surface area (Å²) in [6.07, 6.45) is 1.02. The molecule has 3 rings (SSSR count). The highest BCUT2D eigenvalue weighted by Crippen LogP contribution is 2.25. The number of piperazine rings is 1. The molecule has 0 spiro atoms. The van der Waals surface area contributed by atoms with Crippen molar-refractivity contribution in [3.8, 4) is 11.1 Å². The Balaban J connectivity index is 1.60. The molecular weight excluding hydrogens is 353 g/mol. The van der Waals surface area contributed by atoms with Gasteiger partial charge in [0.1, 0.15) is 5.82 Å². The minimum atomic E-state index is -0.214. The maximum absolute atomic E-state index is 13.8. The molecule has 28 heavy (non-hydrogen) atoms. The number of nitrogens with one attached hydrogen (secondary N) is 1. The van der Waals surface area contributed by atoms with Gasteiger partial charge in [-0.25, -0.2) is 4.39 Å². The normalized spacial score (nSPS) is 16.7. The molecule has 1 fully saturated rings. The molecule has 150 valence electrons. The molecule has 1 N–H and O–H groups in total. The summed E-state index contributed by atoms with van der Waals surface area (Å²) in [5.41, 5.74) is 3.02. The minimum Gasteiger partial charge on any atom is -0.350 e. The zero-order valence-corrected chi connectivity index (χ0v) is 17.0. The fourth-order valence-electron chi connectivity index (χ4n) is 3.75. The third kappa shape index (κ3) is 4.78. The molecule has 0 saturated carbocycles. The standard InChI is InChI=1S/C23H30FN3O/c1-4-20(27-14-12-26(3)13-15-27)16-25-23(28)19-10-8-18(9-11-19)21-6-5-7-22(24)17(21)2/h5-11,20H,4,12-16H2,1-3H3,(H,25,28). The number of carbonyl (C=O) groups excluding carboxylic acids is 1. The molecule has 4 nitrogen and oxygen atoms in total. The number of carbonyl (C=O) groups is 1. The Kier molecular flexibility index (Phi) is 6.81. The fraction of sp³-hybridized carbons (Fsp3) is 0.435. The highest BCUT2D eigenvalue weighted by atomic mass is 19.1. The van der Waals surface area contributed by atoms with Gasteiger partial charge >= 0.3 is 0 Å². The first kappa shape index (κ1) is 20.5. The van der Waals surface area contributed by atoms with Crippen molar-refractivity contribution in [2.75, 3.05) is 39.8 Å². The Morgan fingerprint density at radius 1 is 1.11 bits per heavy atom. The summed E-state index contributed by atoms with van der Waals surface area (Å²) >= 11 is 0. The van der Waals surface area contributed by atoms with Crippen LogP contribution in [0.15, 0.2) is 42.5 Å². The molecule has 0 aromatic heterocycles. The average molecular weight is 384 g/mol. The van der Waals surface area contributed by atoms with Crippen molar-refractivity contribution in [3.05, 3.63) is 59.4 Å². The van der Waals surface area contributed by atoms with Crippen LogP contribution in [0.1, 0.15) is 29.3 Å². The molecule has 2 aromatic carbocycles.